The highest BCUT2D eigenvalue weighted by atomic mass is 35.5. The maximum Gasteiger partial charge on any atom is 0.274 e. The van der Waals surface area contributed by atoms with Crippen molar-refractivity contribution in [1.29, 1.82) is 0 Å². The number of hydrogen-bond acceptors (Lipinski definition) is 5. The molecule has 1 fully saturated rings. The molecule has 1 amide bonds. The number of anilines is 1. The second-order valence-electron chi connectivity index (χ2n) is 4.69. The number of morpholine rings is 1. The molecule has 2 rings (SSSR count). The highest BCUT2D eigenvalue weighted by Crippen LogP contribution is 2.25. The van der Waals surface area contributed by atoms with Crippen LogP contribution in [0.1, 0.15) is 12.0 Å². The Labute approximate surface area is 128 Å². The molecule has 1 aromatic rings. The number of carbonyl (C=O) groups excluding carboxylic acids is 1. The Morgan fingerprint density at radius 2 is 2.33 bits per heavy atom. The number of nitrogens with zero attached hydrogens (tertiary/aromatic N) is 1. The van der Waals surface area contributed by atoms with Gasteiger partial charge in [-0.2, -0.15) is 0 Å². The second kappa shape index (κ2) is 7.92. The first-order chi connectivity index (χ1) is 9.58. The average molecular weight is 316 g/mol. The van der Waals surface area contributed by atoms with Crippen LogP contribution in [0.4, 0.5) is 11.4 Å². The lowest BCUT2D eigenvalue weighted by molar-refractivity contribution is -0.385. The van der Waals surface area contributed by atoms with Crippen LogP contribution in [-0.4, -0.2) is 36.6 Å². The van der Waals surface area contributed by atoms with Crippen molar-refractivity contribution in [3.8, 4) is 0 Å². The summed E-state index contributed by atoms with van der Waals surface area (Å²) in [5.41, 5.74) is 0.932. The maximum absolute atomic E-state index is 11.9. The summed E-state index contributed by atoms with van der Waals surface area (Å²) in [6.45, 7) is 3.51. The van der Waals surface area contributed by atoms with E-state index in [4.69, 9.17) is 4.74 Å². The smallest absolute Gasteiger partial charge is 0.274 e. The number of carbonyl (C=O) groups is 1. The minimum absolute atomic E-state index is 0. The van der Waals surface area contributed by atoms with Crippen LogP contribution in [0.3, 0.4) is 0 Å². The summed E-state index contributed by atoms with van der Waals surface area (Å²) in [6.07, 6.45) is 0.280. The van der Waals surface area contributed by atoms with Crippen molar-refractivity contribution in [3.05, 3.63) is 33.9 Å². The van der Waals surface area contributed by atoms with Gasteiger partial charge in [-0.15, -0.1) is 12.4 Å². The van der Waals surface area contributed by atoms with E-state index in [1.807, 2.05) is 0 Å². The molecule has 0 aliphatic carbocycles. The van der Waals surface area contributed by atoms with Gasteiger partial charge in [-0.25, -0.2) is 0 Å². The van der Waals surface area contributed by atoms with E-state index >= 15 is 0 Å². The van der Waals surface area contributed by atoms with Gasteiger partial charge in [-0.1, -0.05) is 6.07 Å². The maximum atomic E-state index is 11.9. The van der Waals surface area contributed by atoms with Crippen molar-refractivity contribution >= 4 is 29.7 Å². The van der Waals surface area contributed by atoms with E-state index < -0.39 is 4.92 Å². The average Bonchev–Trinajstić information content (AvgIpc) is 2.42. The molecule has 1 aliphatic heterocycles. The molecule has 0 aromatic heterocycles. The Morgan fingerprint density at radius 1 is 1.57 bits per heavy atom. The van der Waals surface area contributed by atoms with Crippen molar-refractivity contribution < 1.29 is 14.5 Å². The van der Waals surface area contributed by atoms with Gasteiger partial charge in [0.2, 0.25) is 5.91 Å². The molecule has 1 heterocycles. The fourth-order valence-corrected chi connectivity index (χ4v) is 2.13. The van der Waals surface area contributed by atoms with E-state index in [0.29, 0.717) is 24.5 Å². The Morgan fingerprint density at radius 3 is 2.95 bits per heavy atom. The third-order valence-corrected chi connectivity index (χ3v) is 3.21. The quantitative estimate of drug-likeness (QED) is 0.651. The lowest BCUT2D eigenvalue weighted by Crippen LogP contribution is -2.43. The molecule has 0 radical (unpaired) electrons. The fourth-order valence-electron chi connectivity index (χ4n) is 2.13. The van der Waals surface area contributed by atoms with Gasteiger partial charge in [0.25, 0.3) is 5.69 Å². The molecule has 1 unspecified atom stereocenters. The molecule has 2 N–H and O–H groups in total. The molecule has 116 valence electrons. The van der Waals surface area contributed by atoms with Crippen molar-refractivity contribution in [2.75, 3.05) is 25.1 Å². The summed E-state index contributed by atoms with van der Waals surface area (Å²) < 4.78 is 5.28. The van der Waals surface area contributed by atoms with Crippen LogP contribution in [0.25, 0.3) is 0 Å². The normalized spacial score (nSPS) is 17.7. The number of nitro groups is 1. The van der Waals surface area contributed by atoms with Gasteiger partial charge < -0.3 is 15.4 Å². The zero-order valence-electron chi connectivity index (χ0n) is 11.6. The molecule has 1 atom stereocenters. The van der Waals surface area contributed by atoms with Gasteiger partial charge in [-0.05, 0) is 13.0 Å². The molecule has 1 aliphatic rings. The van der Waals surface area contributed by atoms with Crippen molar-refractivity contribution in [2.24, 2.45) is 0 Å². The Kier molecular flexibility index (Phi) is 6.54. The summed E-state index contributed by atoms with van der Waals surface area (Å²) in [7, 11) is 0. The Bertz CT molecular complexity index is 518. The number of amides is 1. The van der Waals surface area contributed by atoms with Gasteiger partial charge in [0.05, 0.1) is 29.4 Å². The molecule has 8 heteroatoms. The van der Waals surface area contributed by atoms with E-state index in [2.05, 4.69) is 10.6 Å². The minimum atomic E-state index is -0.457. The monoisotopic (exact) mass is 315 g/mol. The minimum Gasteiger partial charge on any atom is -0.378 e. The molecule has 0 bridgehead atoms. The lowest BCUT2D eigenvalue weighted by atomic mass is 10.1. The number of nitrogens with one attached hydrogen (secondary N) is 2. The largest absolute Gasteiger partial charge is 0.378 e. The highest BCUT2D eigenvalue weighted by Gasteiger charge is 2.19. The molecular weight excluding hydrogens is 298 g/mol. The standard InChI is InChI=1S/C13H17N3O4.ClH/c1-9-11(3-2-4-12(9)16(18)19)15-13(17)7-10-8-20-6-5-14-10;/h2-4,10,14H,5-8H2,1H3,(H,15,17);1H. The van der Waals surface area contributed by atoms with Crippen molar-refractivity contribution in [1.82, 2.24) is 5.32 Å². The summed E-state index contributed by atoms with van der Waals surface area (Å²) in [6, 6.07) is 4.62. The van der Waals surface area contributed by atoms with Crippen LogP contribution in [0.15, 0.2) is 18.2 Å². The van der Waals surface area contributed by atoms with E-state index in [1.54, 1.807) is 19.1 Å². The van der Waals surface area contributed by atoms with E-state index in [0.717, 1.165) is 6.54 Å². The van der Waals surface area contributed by atoms with Gasteiger partial charge >= 0.3 is 0 Å². The number of hydrogen-bond donors (Lipinski definition) is 2. The zero-order valence-corrected chi connectivity index (χ0v) is 12.4. The van der Waals surface area contributed by atoms with Crippen molar-refractivity contribution in [2.45, 2.75) is 19.4 Å². The van der Waals surface area contributed by atoms with Crippen LogP contribution in [0.5, 0.6) is 0 Å². The molecular formula is C13H18ClN3O4. The van der Waals surface area contributed by atoms with Gasteiger partial charge in [0, 0.05) is 25.1 Å². The summed E-state index contributed by atoms with van der Waals surface area (Å²) in [5.74, 6) is -0.184. The predicted octanol–water partition coefficient (Wildman–Crippen LogP) is 1.64. The number of ether oxygens (including phenoxy) is 1. The molecule has 0 saturated carbocycles. The fraction of sp³-hybridized carbons (Fsp3) is 0.462. The van der Waals surface area contributed by atoms with E-state index in [1.165, 1.54) is 6.07 Å². The molecule has 21 heavy (non-hydrogen) atoms. The SMILES string of the molecule is Cc1c(NC(=O)CC2COCCN2)cccc1[N+](=O)[O-].Cl. The summed E-state index contributed by atoms with van der Waals surface area (Å²) in [5, 5.41) is 16.7. The number of nitro benzene ring substituents is 1. The molecule has 7 nitrogen and oxygen atoms in total. The number of rotatable bonds is 4. The molecule has 1 aromatic carbocycles. The summed E-state index contributed by atoms with van der Waals surface area (Å²) in [4.78, 5) is 22.3. The first-order valence-electron chi connectivity index (χ1n) is 6.43. The van der Waals surface area contributed by atoms with Crippen LogP contribution in [0.2, 0.25) is 0 Å². The predicted molar refractivity (Wildman–Crippen MR) is 80.9 cm³/mol. The van der Waals surface area contributed by atoms with Crippen LogP contribution in [-0.2, 0) is 9.53 Å². The topological polar surface area (TPSA) is 93.5 Å². The van der Waals surface area contributed by atoms with Crippen LogP contribution < -0.4 is 10.6 Å². The van der Waals surface area contributed by atoms with E-state index in [9.17, 15) is 14.9 Å². The third kappa shape index (κ3) is 4.66. The van der Waals surface area contributed by atoms with Gasteiger partial charge in [0.15, 0.2) is 0 Å². The molecule has 1 saturated heterocycles. The summed E-state index contributed by atoms with van der Waals surface area (Å²) >= 11 is 0. The molecule has 0 spiro atoms. The number of halogens is 1. The first-order valence-corrected chi connectivity index (χ1v) is 6.43. The first kappa shape index (κ1) is 17.4. The zero-order chi connectivity index (χ0) is 14.5. The van der Waals surface area contributed by atoms with Crippen molar-refractivity contribution in [3.63, 3.8) is 0 Å². The van der Waals surface area contributed by atoms with Crippen LogP contribution >= 0.6 is 12.4 Å². The third-order valence-electron chi connectivity index (χ3n) is 3.21. The highest BCUT2D eigenvalue weighted by molar-refractivity contribution is 5.92. The lowest BCUT2D eigenvalue weighted by Gasteiger charge is -2.23. The Hall–Kier alpha value is -1.70. The van der Waals surface area contributed by atoms with E-state index in [-0.39, 0.29) is 36.5 Å². The van der Waals surface area contributed by atoms with Crippen LogP contribution in [0, 0.1) is 17.0 Å². The number of benzene rings is 1. The second-order valence-corrected chi connectivity index (χ2v) is 4.69. The Balaban J connectivity index is 0.00000220. The van der Waals surface area contributed by atoms with Gasteiger partial charge in [-0.3, -0.25) is 14.9 Å². The van der Waals surface area contributed by atoms with Gasteiger partial charge in [0.1, 0.15) is 0 Å².